The van der Waals surface area contributed by atoms with Crippen LogP contribution in [0.4, 0.5) is 0 Å². The van der Waals surface area contributed by atoms with Crippen LogP contribution >= 0.6 is 0 Å². The summed E-state index contributed by atoms with van der Waals surface area (Å²) in [5.74, 6) is 0.697. The van der Waals surface area contributed by atoms with Crippen molar-refractivity contribution in [3.8, 4) is 0 Å². The molecule has 2 aliphatic rings. The zero-order valence-corrected chi connectivity index (χ0v) is 11.6. The summed E-state index contributed by atoms with van der Waals surface area (Å²) in [7, 11) is 0. The van der Waals surface area contributed by atoms with Crippen LogP contribution in [0.3, 0.4) is 0 Å². The van der Waals surface area contributed by atoms with Crippen LogP contribution in [0.5, 0.6) is 0 Å². The zero-order valence-electron chi connectivity index (χ0n) is 11.6. The predicted octanol–water partition coefficient (Wildman–Crippen LogP) is 5.26. The van der Waals surface area contributed by atoms with Crippen molar-refractivity contribution in [1.29, 1.82) is 0 Å². The molecule has 0 N–H and O–H groups in total. The van der Waals surface area contributed by atoms with E-state index in [1.165, 1.54) is 32.1 Å². The molecule has 0 aromatic rings. The van der Waals surface area contributed by atoms with Crippen molar-refractivity contribution in [1.82, 2.24) is 0 Å². The summed E-state index contributed by atoms with van der Waals surface area (Å²) in [6.07, 6.45) is 7.00. The van der Waals surface area contributed by atoms with Crippen molar-refractivity contribution in [2.75, 3.05) is 0 Å². The van der Waals surface area contributed by atoms with E-state index in [0.29, 0.717) is 11.3 Å². The first-order valence-corrected chi connectivity index (χ1v) is 6.86. The highest BCUT2D eigenvalue weighted by Gasteiger charge is 2.39. The van der Waals surface area contributed by atoms with Crippen LogP contribution in [0.1, 0.15) is 66.7 Å². The molecule has 16 heavy (non-hydrogen) atoms. The average molecular weight is 218 g/mol. The molecular weight excluding hydrogens is 192 g/mol. The monoisotopic (exact) mass is 218 g/mol. The Bertz CT molecular complexity index is 344. The predicted molar refractivity (Wildman–Crippen MR) is 71.4 cm³/mol. The van der Waals surface area contributed by atoms with E-state index in [1.54, 1.807) is 22.3 Å². The van der Waals surface area contributed by atoms with E-state index >= 15 is 0 Å². The molecule has 0 heterocycles. The lowest BCUT2D eigenvalue weighted by Crippen LogP contribution is -2.17. The molecule has 2 aliphatic carbocycles. The number of allylic oxidation sites excluding steroid dienone is 4. The van der Waals surface area contributed by atoms with E-state index in [2.05, 4.69) is 34.6 Å². The van der Waals surface area contributed by atoms with Crippen molar-refractivity contribution in [2.24, 2.45) is 11.3 Å². The molecule has 0 saturated heterocycles. The lowest BCUT2D eigenvalue weighted by molar-refractivity contribution is 0.496. The second-order valence-electron chi connectivity index (χ2n) is 6.23. The fourth-order valence-electron chi connectivity index (χ4n) is 3.77. The molecule has 0 heteroatoms. The van der Waals surface area contributed by atoms with Crippen LogP contribution in [-0.2, 0) is 0 Å². The molecule has 0 radical (unpaired) electrons. The van der Waals surface area contributed by atoms with Gasteiger partial charge in [-0.3, -0.25) is 0 Å². The Kier molecular flexibility index (Phi) is 3.03. The maximum atomic E-state index is 2.42. The van der Waals surface area contributed by atoms with Gasteiger partial charge >= 0.3 is 0 Å². The Morgan fingerprint density at radius 2 is 1.56 bits per heavy atom. The Morgan fingerprint density at radius 1 is 1.00 bits per heavy atom. The summed E-state index contributed by atoms with van der Waals surface area (Å²) < 4.78 is 0. The summed E-state index contributed by atoms with van der Waals surface area (Å²) in [6.45, 7) is 11.9. The third kappa shape index (κ3) is 1.67. The zero-order chi connectivity index (χ0) is 11.9. The summed E-state index contributed by atoms with van der Waals surface area (Å²) >= 11 is 0. The summed E-state index contributed by atoms with van der Waals surface area (Å²) in [6, 6.07) is 0. The van der Waals surface area contributed by atoms with E-state index in [9.17, 15) is 0 Å². The molecule has 0 amide bonds. The van der Waals surface area contributed by atoms with Crippen molar-refractivity contribution < 1.29 is 0 Å². The number of hydrogen-bond acceptors (Lipinski definition) is 0. The van der Waals surface area contributed by atoms with Gasteiger partial charge in [-0.15, -0.1) is 0 Å². The minimum Gasteiger partial charge on any atom is -0.0695 e. The molecule has 1 unspecified atom stereocenters. The lowest BCUT2D eigenvalue weighted by atomic mass is 9.75. The average Bonchev–Trinajstić information content (AvgIpc) is 2.41. The molecule has 1 saturated carbocycles. The molecule has 0 aromatic heterocycles. The molecule has 1 fully saturated rings. The molecule has 0 aliphatic heterocycles. The van der Waals surface area contributed by atoms with Gasteiger partial charge in [-0.1, -0.05) is 49.5 Å². The third-order valence-corrected chi connectivity index (χ3v) is 5.12. The Hall–Kier alpha value is -0.520. The van der Waals surface area contributed by atoms with Crippen LogP contribution < -0.4 is 0 Å². The second-order valence-corrected chi connectivity index (χ2v) is 6.23. The fourth-order valence-corrected chi connectivity index (χ4v) is 3.77. The highest BCUT2D eigenvalue weighted by Crippen LogP contribution is 2.52. The molecular formula is C16H26. The highest BCUT2D eigenvalue weighted by atomic mass is 14.4. The first kappa shape index (κ1) is 12.0. The van der Waals surface area contributed by atoms with E-state index in [0.717, 1.165) is 0 Å². The molecule has 2 rings (SSSR count). The van der Waals surface area contributed by atoms with Gasteiger partial charge in [0.25, 0.3) is 0 Å². The Morgan fingerprint density at radius 3 is 2.00 bits per heavy atom. The number of rotatable bonds is 0. The minimum atomic E-state index is 0.330. The van der Waals surface area contributed by atoms with Crippen molar-refractivity contribution in [2.45, 2.75) is 66.7 Å². The summed E-state index contributed by atoms with van der Waals surface area (Å²) in [5.41, 5.74) is 7.13. The van der Waals surface area contributed by atoms with Gasteiger partial charge in [0.1, 0.15) is 0 Å². The van der Waals surface area contributed by atoms with E-state index < -0.39 is 0 Å². The molecule has 1 atom stereocenters. The van der Waals surface area contributed by atoms with Crippen molar-refractivity contribution in [3.63, 3.8) is 0 Å². The van der Waals surface area contributed by atoms with Gasteiger partial charge in [0.15, 0.2) is 0 Å². The third-order valence-electron chi connectivity index (χ3n) is 5.12. The van der Waals surface area contributed by atoms with Gasteiger partial charge in [-0.05, 0) is 45.4 Å². The summed E-state index contributed by atoms with van der Waals surface area (Å²) in [5, 5.41) is 0. The maximum absolute atomic E-state index is 2.42. The maximum Gasteiger partial charge on any atom is 0.00726 e. The highest BCUT2D eigenvalue weighted by molar-refractivity contribution is 5.45. The second kappa shape index (κ2) is 4.05. The fraction of sp³-hybridized carbons (Fsp3) is 0.750. The van der Waals surface area contributed by atoms with Crippen molar-refractivity contribution in [3.05, 3.63) is 22.3 Å². The van der Waals surface area contributed by atoms with E-state index in [-0.39, 0.29) is 0 Å². The topological polar surface area (TPSA) is 0 Å². The molecule has 0 spiro atoms. The molecule has 90 valence electrons. The van der Waals surface area contributed by atoms with Crippen LogP contribution in [-0.4, -0.2) is 0 Å². The van der Waals surface area contributed by atoms with E-state index in [4.69, 9.17) is 0 Å². The Labute approximate surface area is 101 Å². The smallest absolute Gasteiger partial charge is 0.00726 e. The van der Waals surface area contributed by atoms with Gasteiger partial charge in [-0.2, -0.15) is 0 Å². The first-order valence-electron chi connectivity index (χ1n) is 6.86. The van der Waals surface area contributed by atoms with Crippen LogP contribution in [0.2, 0.25) is 0 Å². The van der Waals surface area contributed by atoms with Gasteiger partial charge < -0.3 is 0 Å². The SMILES string of the molecule is CC1=C(C)C(C)(C)C(=C2CCCCC2)C1C. The van der Waals surface area contributed by atoms with Crippen LogP contribution in [0, 0.1) is 11.3 Å². The lowest BCUT2D eigenvalue weighted by Gasteiger charge is -2.30. The van der Waals surface area contributed by atoms with Gasteiger partial charge in [0.2, 0.25) is 0 Å². The normalized spacial score (nSPS) is 30.2. The van der Waals surface area contributed by atoms with E-state index in [1.807, 2.05) is 0 Å². The van der Waals surface area contributed by atoms with Gasteiger partial charge in [0, 0.05) is 5.41 Å². The summed E-state index contributed by atoms with van der Waals surface area (Å²) in [4.78, 5) is 0. The standard InChI is InChI=1S/C16H26/c1-11-12(2)15(16(4,5)13(11)3)14-9-7-6-8-10-14/h12H,6-10H2,1-5H3. The first-order chi connectivity index (χ1) is 7.46. The van der Waals surface area contributed by atoms with Crippen LogP contribution in [0.15, 0.2) is 22.3 Å². The van der Waals surface area contributed by atoms with Gasteiger partial charge in [-0.25, -0.2) is 0 Å². The Balaban J connectivity index is 2.43. The van der Waals surface area contributed by atoms with Crippen molar-refractivity contribution >= 4 is 0 Å². The molecule has 0 nitrogen and oxygen atoms in total. The van der Waals surface area contributed by atoms with Gasteiger partial charge in [0.05, 0.1) is 0 Å². The molecule has 0 bridgehead atoms. The minimum absolute atomic E-state index is 0.330. The molecule has 0 aromatic carbocycles. The van der Waals surface area contributed by atoms with Crippen LogP contribution in [0.25, 0.3) is 0 Å². The largest absolute Gasteiger partial charge is 0.0695 e. The quantitative estimate of drug-likeness (QED) is 0.486. The number of hydrogen-bond donors (Lipinski definition) is 0.